The third-order valence-corrected chi connectivity index (χ3v) is 3.31. The number of esters is 1. The summed E-state index contributed by atoms with van der Waals surface area (Å²) in [6.07, 6.45) is 1.65. The van der Waals surface area contributed by atoms with Crippen LogP contribution in [-0.2, 0) is 4.74 Å². The SMILES string of the molecule is CCOC(=O)c1cccnc1NC1COc2ccccc21. The Labute approximate surface area is 122 Å². The number of ether oxygens (including phenoxy) is 2. The zero-order chi connectivity index (χ0) is 14.7. The number of hydrogen-bond acceptors (Lipinski definition) is 5. The summed E-state index contributed by atoms with van der Waals surface area (Å²) in [6.45, 7) is 2.63. The Morgan fingerprint density at radius 1 is 1.38 bits per heavy atom. The van der Waals surface area contributed by atoms with Gasteiger partial charge >= 0.3 is 5.97 Å². The van der Waals surface area contributed by atoms with E-state index in [0.29, 0.717) is 24.6 Å². The number of carbonyl (C=O) groups excluding carboxylic acids is 1. The average molecular weight is 284 g/mol. The smallest absolute Gasteiger partial charge is 0.341 e. The van der Waals surface area contributed by atoms with Gasteiger partial charge in [0.05, 0.1) is 12.6 Å². The van der Waals surface area contributed by atoms with Gasteiger partial charge in [0.15, 0.2) is 0 Å². The van der Waals surface area contributed by atoms with Gasteiger partial charge in [-0.3, -0.25) is 0 Å². The second-order valence-corrected chi connectivity index (χ2v) is 4.67. The topological polar surface area (TPSA) is 60.5 Å². The van der Waals surface area contributed by atoms with Crippen LogP contribution in [0.15, 0.2) is 42.6 Å². The number of carbonyl (C=O) groups is 1. The molecular weight excluding hydrogens is 268 g/mol. The average Bonchev–Trinajstić information content (AvgIpc) is 2.91. The number of aromatic nitrogens is 1. The lowest BCUT2D eigenvalue weighted by molar-refractivity contribution is 0.0527. The third kappa shape index (κ3) is 2.67. The van der Waals surface area contributed by atoms with Crippen molar-refractivity contribution >= 4 is 11.8 Å². The molecule has 21 heavy (non-hydrogen) atoms. The maximum Gasteiger partial charge on any atom is 0.341 e. The summed E-state index contributed by atoms with van der Waals surface area (Å²) < 4.78 is 10.7. The van der Waals surface area contributed by atoms with Crippen LogP contribution in [-0.4, -0.2) is 24.2 Å². The van der Waals surface area contributed by atoms with Crippen molar-refractivity contribution in [1.82, 2.24) is 4.98 Å². The van der Waals surface area contributed by atoms with Crippen molar-refractivity contribution in [3.63, 3.8) is 0 Å². The van der Waals surface area contributed by atoms with Gasteiger partial charge in [0.1, 0.15) is 23.7 Å². The molecule has 0 spiro atoms. The Balaban J connectivity index is 1.85. The molecule has 2 heterocycles. The van der Waals surface area contributed by atoms with Crippen molar-refractivity contribution in [3.8, 4) is 5.75 Å². The van der Waals surface area contributed by atoms with E-state index in [1.165, 1.54) is 0 Å². The fraction of sp³-hybridized carbons (Fsp3) is 0.250. The molecule has 108 valence electrons. The largest absolute Gasteiger partial charge is 0.491 e. The number of para-hydroxylation sites is 1. The molecule has 0 fully saturated rings. The molecule has 1 N–H and O–H groups in total. The van der Waals surface area contributed by atoms with Gasteiger partial charge in [-0.25, -0.2) is 9.78 Å². The van der Waals surface area contributed by atoms with E-state index in [-0.39, 0.29) is 12.0 Å². The van der Waals surface area contributed by atoms with Crippen LogP contribution in [0.25, 0.3) is 0 Å². The minimum atomic E-state index is -0.375. The van der Waals surface area contributed by atoms with Crippen LogP contribution in [0.2, 0.25) is 0 Å². The Kier molecular flexibility index (Phi) is 3.73. The van der Waals surface area contributed by atoms with Gasteiger partial charge in [-0.15, -0.1) is 0 Å². The van der Waals surface area contributed by atoms with E-state index in [4.69, 9.17) is 9.47 Å². The van der Waals surface area contributed by atoms with Gasteiger partial charge in [0.25, 0.3) is 0 Å². The minimum Gasteiger partial charge on any atom is -0.491 e. The fourth-order valence-corrected chi connectivity index (χ4v) is 2.34. The second kappa shape index (κ2) is 5.83. The van der Waals surface area contributed by atoms with Crippen molar-refractivity contribution in [1.29, 1.82) is 0 Å². The number of fused-ring (bicyclic) bond motifs is 1. The van der Waals surface area contributed by atoms with Crippen LogP contribution in [0.5, 0.6) is 5.75 Å². The molecule has 0 amide bonds. The first kappa shape index (κ1) is 13.4. The first-order chi connectivity index (χ1) is 10.3. The molecule has 2 aromatic rings. The van der Waals surface area contributed by atoms with E-state index in [2.05, 4.69) is 10.3 Å². The number of hydrogen-bond donors (Lipinski definition) is 1. The third-order valence-electron chi connectivity index (χ3n) is 3.31. The van der Waals surface area contributed by atoms with Crippen molar-refractivity contribution in [2.24, 2.45) is 0 Å². The van der Waals surface area contributed by atoms with E-state index < -0.39 is 0 Å². The first-order valence-electron chi connectivity index (χ1n) is 6.90. The van der Waals surface area contributed by atoms with E-state index in [1.54, 1.807) is 25.3 Å². The van der Waals surface area contributed by atoms with E-state index in [0.717, 1.165) is 11.3 Å². The summed E-state index contributed by atoms with van der Waals surface area (Å²) in [5.74, 6) is 1.00. The quantitative estimate of drug-likeness (QED) is 0.875. The van der Waals surface area contributed by atoms with Crippen molar-refractivity contribution in [2.75, 3.05) is 18.5 Å². The Bertz CT molecular complexity index is 657. The molecule has 1 aliphatic heterocycles. The predicted molar refractivity (Wildman–Crippen MR) is 78.5 cm³/mol. The number of nitrogens with one attached hydrogen (secondary N) is 1. The highest BCUT2D eigenvalue weighted by atomic mass is 16.5. The number of pyridine rings is 1. The number of anilines is 1. The van der Waals surface area contributed by atoms with Crippen molar-refractivity contribution < 1.29 is 14.3 Å². The summed E-state index contributed by atoms with van der Waals surface area (Å²) in [5.41, 5.74) is 1.50. The molecule has 1 atom stereocenters. The summed E-state index contributed by atoms with van der Waals surface area (Å²) in [7, 11) is 0. The lowest BCUT2D eigenvalue weighted by atomic mass is 10.1. The second-order valence-electron chi connectivity index (χ2n) is 4.67. The molecule has 1 aromatic heterocycles. The molecule has 0 aliphatic carbocycles. The minimum absolute atomic E-state index is 0.0238. The van der Waals surface area contributed by atoms with E-state index >= 15 is 0 Å². The van der Waals surface area contributed by atoms with Crippen LogP contribution in [0.4, 0.5) is 5.82 Å². The van der Waals surface area contributed by atoms with Gasteiger partial charge in [0.2, 0.25) is 0 Å². The molecule has 3 rings (SSSR count). The first-order valence-corrected chi connectivity index (χ1v) is 6.90. The predicted octanol–water partition coefficient (Wildman–Crippen LogP) is 2.80. The van der Waals surface area contributed by atoms with Gasteiger partial charge < -0.3 is 14.8 Å². The molecule has 1 unspecified atom stereocenters. The van der Waals surface area contributed by atoms with E-state index in [9.17, 15) is 4.79 Å². The molecule has 0 radical (unpaired) electrons. The molecule has 1 aromatic carbocycles. The lowest BCUT2D eigenvalue weighted by Gasteiger charge is -2.14. The molecular formula is C16H16N2O3. The van der Waals surface area contributed by atoms with E-state index in [1.807, 2.05) is 24.3 Å². The summed E-state index contributed by atoms with van der Waals surface area (Å²) >= 11 is 0. The highest BCUT2D eigenvalue weighted by Gasteiger charge is 2.25. The summed E-state index contributed by atoms with van der Waals surface area (Å²) in [6, 6.07) is 11.2. The van der Waals surface area contributed by atoms with Gasteiger partial charge in [0, 0.05) is 11.8 Å². The maximum atomic E-state index is 12.0. The van der Waals surface area contributed by atoms with Crippen LogP contribution < -0.4 is 10.1 Å². The zero-order valence-electron chi connectivity index (χ0n) is 11.7. The van der Waals surface area contributed by atoms with Gasteiger partial charge in [-0.1, -0.05) is 18.2 Å². The van der Waals surface area contributed by atoms with Gasteiger partial charge in [-0.2, -0.15) is 0 Å². The summed E-state index contributed by atoms with van der Waals surface area (Å²) in [4.78, 5) is 16.2. The lowest BCUT2D eigenvalue weighted by Crippen LogP contribution is -2.16. The molecule has 1 aliphatic rings. The highest BCUT2D eigenvalue weighted by molar-refractivity contribution is 5.94. The van der Waals surface area contributed by atoms with Crippen LogP contribution in [0.3, 0.4) is 0 Å². The molecule has 5 nitrogen and oxygen atoms in total. The van der Waals surface area contributed by atoms with Crippen LogP contribution in [0.1, 0.15) is 28.9 Å². The maximum absolute atomic E-state index is 12.0. The molecule has 0 saturated heterocycles. The normalized spacial score (nSPS) is 16.0. The van der Waals surface area contributed by atoms with Crippen molar-refractivity contribution in [3.05, 3.63) is 53.7 Å². The highest BCUT2D eigenvalue weighted by Crippen LogP contribution is 2.34. The van der Waals surface area contributed by atoms with Crippen LogP contribution in [0, 0.1) is 0 Å². The Morgan fingerprint density at radius 2 is 2.24 bits per heavy atom. The zero-order valence-corrected chi connectivity index (χ0v) is 11.7. The molecule has 0 saturated carbocycles. The Morgan fingerprint density at radius 3 is 3.10 bits per heavy atom. The fourth-order valence-electron chi connectivity index (χ4n) is 2.34. The van der Waals surface area contributed by atoms with Gasteiger partial charge in [-0.05, 0) is 25.1 Å². The summed E-state index contributed by atoms with van der Waals surface area (Å²) in [5, 5.41) is 3.27. The monoisotopic (exact) mass is 284 g/mol. The number of benzene rings is 1. The molecule has 0 bridgehead atoms. The Hall–Kier alpha value is -2.56. The standard InChI is InChI=1S/C16H16N2O3/c1-2-20-16(19)12-7-5-9-17-15(12)18-13-10-21-14-8-4-3-6-11(13)14/h3-9,13H,2,10H2,1H3,(H,17,18). The van der Waals surface area contributed by atoms with Crippen molar-refractivity contribution in [2.45, 2.75) is 13.0 Å². The number of nitrogens with zero attached hydrogens (tertiary/aromatic N) is 1. The number of rotatable bonds is 4. The molecule has 5 heteroatoms. The van der Waals surface area contributed by atoms with Crippen LogP contribution >= 0.6 is 0 Å².